The first-order valence-corrected chi connectivity index (χ1v) is 8.08. The molecule has 2 rings (SSSR count). The number of hydrogen-bond acceptors (Lipinski definition) is 4. The van der Waals surface area contributed by atoms with Gasteiger partial charge in [0.15, 0.2) is 5.82 Å². The summed E-state index contributed by atoms with van der Waals surface area (Å²) in [5, 5.41) is 0. The molecule has 2 heterocycles. The molecule has 1 aliphatic heterocycles. The molecular weight excluding hydrogens is 288 g/mol. The quantitative estimate of drug-likeness (QED) is 0.797. The Morgan fingerprint density at radius 1 is 1.24 bits per heavy atom. The molecular formula is C15H25ClN4O. The average Bonchev–Trinajstić information content (AvgIpc) is 2.64. The summed E-state index contributed by atoms with van der Waals surface area (Å²) >= 11 is 5.82. The van der Waals surface area contributed by atoms with E-state index in [1.165, 1.54) is 0 Å². The van der Waals surface area contributed by atoms with Crippen LogP contribution in [0.3, 0.4) is 0 Å². The molecule has 0 N–H and O–H groups in total. The van der Waals surface area contributed by atoms with Crippen LogP contribution in [0, 0.1) is 0 Å². The monoisotopic (exact) mass is 312 g/mol. The van der Waals surface area contributed by atoms with Gasteiger partial charge in [0, 0.05) is 50.0 Å². The van der Waals surface area contributed by atoms with Crippen molar-refractivity contribution in [1.82, 2.24) is 14.5 Å². The summed E-state index contributed by atoms with van der Waals surface area (Å²) in [5.74, 6) is 1.22. The van der Waals surface area contributed by atoms with Crippen molar-refractivity contribution in [2.24, 2.45) is 0 Å². The van der Waals surface area contributed by atoms with Crippen LogP contribution in [0.2, 0.25) is 0 Å². The van der Waals surface area contributed by atoms with E-state index in [0.29, 0.717) is 11.7 Å². The molecule has 0 spiro atoms. The highest BCUT2D eigenvalue weighted by molar-refractivity contribution is 6.18. The summed E-state index contributed by atoms with van der Waals surface area (Å²) in [6, 6.07) is 0. The summed E-state index contributed by atoms with van der Waals surface area (Å²) in [6.07, 6.45) is 4.52. The summed E-state index contributed by atoms with van der Waals surface area (Å²) in [4.78, 5) is 21.5. The van der Waals surface area contributed by atoms with Gasteiger partial charge < -0.3 is 14.4 Å². The normalized spacial score (nSPS) is 17.8. The number of hydrogen-bond donors (Lipinski definition) is 0. The number of nitrogens with zero attached hydrogens (tertiary/aromatic N) is 4. The first kappa shape index (κ1) is 16.3. The van der Waals surface area contributed by atoms with Crippen LogP contribution in [0.4, 0.5) is 5.82 Å². The van der Waals surface area contributed by atoms with Gasteiger partial charge in [-0.1, -0.05) is 0 Å². The topological polar surface area (TPSA) is 41.4 Å². The summed E-state index contributed by atoms with van der Waals surface area (Å²) in [7, 11) is 0. The zero-order chi connectivity index (χ0) is 15.5. The number of alkyl halides is 1. The van der Waals surface area contributed by atoms with Crippen molar-refractivity contribution in [3.8, 4) is 0 Å². The maximum Gasteiger partial charge on any atom is 0.293 e. The lowest BCUT2D eigenvalue weighted by Gasteiger charge is -2.26. The molecule has 0 atom stereocenters. The van der Waals surface area contributed by atoms with Crippen LogP contribution in [0.1, 0.15) is 27.2 Å². The predicted octanol–water partition coefficient (Wildman–Crippen LogP) is 1.75. The van der Waals surface area contributed by atoms with Crippen LogP contribution < -0.4 is 10.5 Å². The summed E-state index contributed by atoms with van der Waals surface area (Å²) < 4.78 is 1.76. The van der Waals surface area contributed by atoms with Gasteiger partial charge in [0.2, 0.25) is 0 Å². The number of halogens is 1. The third-order valence-electron chi connectivity index (χ3n) is 3.83. The van der Waals surface area contributed by atoms with E-state index in [9.17, 15) is 4.79 Å². The van der Waals surface area contributed by atoms with Crippen molar-refractivity contribution in [2.45, 2.75) is 32.7 Å². The SMILES string of the molecule is CC(C)(C)n1ccnc(N2CCCN(CCCl)CC2)c1=O. The third-order valence-corrected chi connectivity index (χ3v) is 4.00. The zero-order valence-corrected chi connectivity index (χ0v) is 13.9. The maximum atomic E-state index is 12.7. The lowest BCUT2D eigenvalue weighted by atomic mass is 10.1. The standard InChI is InChI=1S/C15H25ClN4O/c1-15(2,3)20-10-6-17-13(14(20)21)19-8-4-7-18(9-5-16)11-12-19/h6,10H,4-5,7-9,11-12H2,1-3H3. The second kappa shape index (κ2) is 6.79. The predicted molar refractivity (Wildman–Crippen MR) is 87.5 cm³/mol. The fourth-order valence-electron chi connectivity index (χ4n) is 2.67. The van der Waals surface area contributed by atoms with Crippen molar-refractivity contribution in [3.05, 3.63) is 22.7 Å². The van der Waals surface area contributed by atoms with Crippen LogP contribution in [-0.4, -0.2) is 53.1 Å². The lowest BCUT2D eigenvalue weighted by Crippen LogP contribution is -2.40. The molecule has 0 aliphatic carbocycles. The van der Waals surface area contributed by atoms with E-state index in [2.05, 4.69) is 14.8 Å². The van der Waals surface area contributed by atoms with Crippen molar-refractivity contribution < 1.29 is 0 Å². The summed E-state index contributed by atoms with van der Waals surface area (Å²) in [6.45, 7) is 10.7. The molecule has 0 aromatic carbocycles. The van der Waals surface area contributed by atoms with Crippen molar-refractivity contribution in [1.29, 1.82) is 0 Å². The second-order valence-corrected chi connectivity index (χ2v) is 6.85. The van der Waals surface area contributed by atoms with E-state index in [4.69, 9.17) is 11.6 Å². The number of rotatable bonds is 3. The lowest BCUT2D eigenvalue weighted by molar-refractivity contribution is 0.311. The molecule has 1 fully saturated rings. The van der Waals surface area contributed by atoms with E-state index in [1.807, 2.05) is 20.8 Å². The van der Waals surface area contributed by atoms with Crippen LogP contribution in [-0.2, 0) is 5.54 Å². The molecule has 0 radical (unpaired) electrons. The van der Waals surface area contributed by atoms with E-state index >= 15 is 0 Å². The van der Waals surface area contributed by atoms with Crippen LogP contribution >= 0.6 is 11.6 Å². The van der Waals surface area contributed by atoms with Crippen molar-refractivity contribution >= 4 is 17.4 Å². The number of aromatic nitrogens is 2. The van der Waals surface area contributed by atoms with Gasteiger partial charge in [-0.2, -0.15) is 0 Å². The highest BCUT2D eigenvalue weighted by atomic mass is 35.5. The molecule has 0 unspecified atom stereocenters. The highest BCUT2D eigenvalue weighted by Gasteiger charge is 2.21. The van der Waals surface area contributed by atoms with Gasteiger partial charge in [-0.3, -0.25) is 4.79 Å². The Kier molecular flexibility index (Phi) is 5.27. The molecule has 5 nitrogen and oxygen atoms in total. The molecule has 0 saturated carbocycles. The molecule has 0 amide bonds. The average molecular weight is 313 g/mol. The fraction of sp³-hybridized carbons (Fsp3) is 0.733. The first-order chi connectivity index (χ1) is 9.93. The third kappa shape index (κ3) is 3.98. The van der Waals surface area contributed by atoms with Gasteiger partial charge in [0.25, 0.3) is 5.56 Å². The Balaban J connectivity index is 2.21. The molecule has 1 aromatic rings. The maximum absolute atomic E-state index is 12.7. The van der Waals surface area contributed by atoms with Gasteiger partial charge in [-0.15, -0.1) is 11.6 Å². The van der Waals surface area contributed by atoms with Crippen LogP contribution in [0.5, 0.6) is 0 Å². The molecule has 118 valence electrons. The Labute approximate surface area is 131 Å². The molecule has 1 saturated heterocycles. The minimum absolute atomic E-state index is 0.00390. The molecule has 1 aromatic heterocycles. The molecule has 0 bridgehead atoms. The summed E-state index contributed by atoms with van der Waals surface area (Å²) in [5.41, 5.74) is -0.235. The minimum atomic E-state index is -0.231. The zero-order valence-electron chi connectivity index (χ0n) is 13.2. The second-order valence-electron chi connectivity index (χ2n) is 6.47. The van der Waals surface area contributed by atoms with Crippen molar-refractivity contribution in [2.75, 3.05) is 43.5 Å². The first-order valence-electron chi connectivity index (χ1n) is 7.55. The van der Waals surface area contributed by atoms with Gasteiger partial charge in [0.05, 0.1) is 0 Å². The van der Waals surface area contributed by atoms with Crippen LogP contribution in [0.25, 0.3) is 0 Å². The van der Waals surface area contributed by atoms with Gasteiger partial charge in [0.1, 0.15) is 0 Å². The van der Waals surface area contributed by atoms with E-state index in [1.54, 1.807) is 17.0 Å². The van der Waals surface area contributed by atoms with Crippen LogP contribution in [0.15, 0.2) is 17.2 Å². The fourth-order valence-corrected chi connectivity index (χ4v) is 2.91. The Morgan fingerprint density at radius 2 is 2.00 bits per heavy atom. The Bertz CT molecular complexity index is 523. The van der Waals surface area contributed by atoms with Gasteiger partial charge in [-0.25, -0.2) is 4.98 Å². The minimum Gasteiger partial charge on any atom is -0.351 e. The largest absolute Gasteiger partial charge is 0.351 e. The molecule has 1 aliphatic rings. The van der Waals surface area contributed by atoms with E-state index < -0.39 is 0 Å². The Hall–Kier alpha value is -1.07. The van der Waals surface area contributed by atoms with E-state index in [-0.39, 0.29) is 11.1 Å². The molecule has 21 heavy (non-hydrogen) atoms. The van der Waals surface area contributed by atoms with Crippen molar-refractivity contribution in [3.63, 3.8) is 0 Å². The van der Waals surface area contributed by atoms with E-state index in [0.717, 1.165) is 39.1 Å². The molecule has 6 heteroatoms. The smallest absolute Gasteiger partial charge is 0.293 e. The number of anilines is 1. The van der Waals surface area contributed by atoms with Gasteiger partial charge >= 0.3 is 0 Å². The highest BCUT2D eigenvalue weighted by Crippen LogP contribution is 2.14. The van der Waals surface area contributed by atoms with Gasteiger partial charge in [-0.05, 0) is 33.7 Å². The Morgan fingerprint density at radius 3 is 2.67 bits per heavy atom.